The normalized spacial score (nSPS) is 16.3. The molecule has 1 aliphatic rings. The molecule has 1 aliphatic heterocycles. The van der Waals surface area contributed by atoms with Crippen LogP contribution in [-0.4, -0.2) is 43.3 Å². The molecule has 7 heteroatoms. The van der Waals surface area contributed by atoms with Crippen LogP contribution in [0.3, 0.4) is 0 Å². The molecule has 1 aromatic heterocycles. The fourth-order valence-electron chi connectivity index (χ4n) is 3.89. The van der Waals surface area contributed by atoms with E-state index in [-0.39, 0.29) is 11.8 Å². The number of nitrogens with zero attached hydrogens (tertiary/aromatic N) is 4. The molecular weight excluding hydrogens is 392 g/mol. The van der Waals surface area contributed by atoms with Gasteiger partial charge in [0.15, 0.2) is 0 Å². The van der Waals surface area contributed by atoms with Crippen LogP contribution >= 0.6 is 0 Å². The van der Waals surface area contributed by atoms with Crippen molar-refractivity contribution < 1.29 is 14.1 Å². The number of aryl methyl sites for hydroxylation is 2. The molecule has 4 rings (SSSR count). The van der Waals surface area contributed by atoms with Gasteiger partial charge in [0.1, 0.15) is 5.75 Å². The van der Waals surface area contributed by atoms with Gasteiger partial charge in [0, 0.05) is 31.4 Å². The van der Waals surface area contributed by atoms with Crippen molar-refractivity contribution in [3.05, 3.63) is 53.6 Å². The van der Waals surface area contributed by atoms with Crippen LogP contribution < -0.4 is 14.5 Å². The van der Waals surface area contributed by atoms with Crippen LogP contribution in [0.4, 0.5) is 11.7 Å². The van der Waals surface area contributed by atoms with Gasteiger partial charge in [-0.1, -0.05) is 11.2 Å². The molecule has 2 heterocycles. The van der Waals surface area contributed by atoms with Crippen molar-refractivity contribution >= 4 is 17.6 Å². The third-order valence-electron chi connectivity index (χ3n) is 6.01. The second-order valence-electron chi connectivity index (χ2n) is 8.08. The Hall–Kier alpha value is -3.35. The number of carbonyl (C=O) groups is 1. The van der Waals surface area contributed by atoms with E-state index in [0.717, 1.165) is 36.4 Å². The Morgan fingerprint density at radius 2 is 1.94 bits per heavy atom. The SMILES string of the molecule is COc1ccc(-c2noc(N3CCC[C@H](C(=O)N(C)c4ccc(C)c(C)c4)C3)n2)cc1. The number of ether oxygens (including phenoxy) is 1. The van der Waals surface area contributed by atoms with E-state index in [1.807, 2.05) is 42.3 Å². The lowest BCUT2D eigenvalue weighted by Crippen LogP contribution is -2.44. The third-order valence-corrected chi connectivity index (χ3v) is 6.01. The molecule has 31 heavy (non-hydrogen) atoms. The summed E-state index contributed by atoms with van der Waals surface area (Å²) in [6.07, 6.45) is 1.75. The first-order valence-corrected chi connectivity index (χ1v) is 10.5. The van der Waals surface area contributed by atoms with Crippen molar-refractivity contribution in [2.45, 2.75) is 26.7 Å². The molecular formula is C24H28N4O3. The molecule has 0 N–H and O–H groups in total. The van der Waals surface area contributed by atoms with Gasteiger partial charge in [-0.15, -0.1) is 0 Å². The average Bonchev–Trinajstić information content (AvgIpc) is 3.30. The van der Waals surface area contributed by atoms with Crippen LogP contribution in [0.25, 0.3) is 11.4 Å². The molecule has 0 radical (unpaired) electrons. The van der Waals surface area contributed by atoms with Crippen molar-refractivity contribution in [2.75, 3.05) is 37.0 Å². The van der Waals surface area contributed by atoms with Gasteiger partial charge in [-0.05, 0) is 74.2 Å². The van der Waals surface area contributed by atoms with Gasteiger partial charge in [-0.3, -0.25) is 4.79 Å². The number of hydrogen-bond donors (Lipinski definition) is 0. The van der Waals surface area contributed by atoms with Gasteiger partial charge < -0.3 is 19.1 Å². The third kappa shape index (κ3) is 4.40. The zero-order valence-electron chi connectivity index (χ0n) is 18.5. The lowest BCUT2D eigenvalue weighted by atomic mass is 9.96. The second kappa shape index (κ2) is 8.79. The minimum absolute atomic E-state index is 0.114. The molecule has 1 atom stereocenters. The first kappa shape index (κ1) is 20.9. The minimum Gasteiger partial charge on any atom is -0.497 e. The van der Waals surface area contributed by atoms with Crippen LogP contribution in [0.2, 0.25) is 0 Å². The number of anilines is 2. The van der Waals surface area contributed by atoms with Crippen molar-refractivity contribution in [3.8, 4) is 17.1 Å². The molecule has 3 aromatic rings. The smallest absolute Gasteiger partial charge is 0.324 e. The van der Waals surface area contributed by atoms with E-state index in [9.17, 15) is 4.79 Å². The number of piperidine rings is 1. The zero-order chi connectivity index (χ0) is 22.0. The van der Waals surface area contributed by atoms with Crippen LogP contribution in [0.5, 0.6) is 5.75 Å². The predicted molar refractivity (Wildman–Crippen MR) is 121 cm³/mol. The summed E-state index contributed by atoms with van der Waals surface area (Å²) in [7, 11) is 3.48. The van der Waals surface area contributed by atoms with Gasteiger partial charge in [-0.25, -0.2) is 0 Å². The fourth-order valence-corrected chi connectivity index (χ4v) is 3.89. The summed E-state index contributed by atoms with van der Waals surface area (Å²) in [4.78, 5) is 21.5. The van der Waals surface area contributed by atoms with E-state index >= 15 is 0 Å². The molecule has 0 bridgehead atoms. The Morgan fingerprint density at radius 3 is 2.65 bits per heavy atom. The predicted octanol–water partition coefficient (Wildman–Crippen LogP) is 4.24. The van der Waals surface area contributed by atoms with E-state index in [2.05, 4.69) is 36.1 Å². The zero-order valence-corrected chi connectivity index (χ0v) is 18.5. The minimum atomic E-state index is -0.114. The van der Waals surface area contributed by atoms with Crippen molar-refractivity contribution in [1.82, 2.24) is 10.1 Å². The molecule has 1 fully saturated rings. The highest BCUT2D eigenvalue weighted by Crippen LogP contribution is 2.28. The number of hydrogen-bond acceptors (Lipinski definition) is 6. The number of carbonyl (C=O) groups excluding carboxylic acids is 1. The monoisotopic (exact) mass is 420 g/mol. The van der Waals surface area contributed by atoms with E-state index in [4.69, 9.17) is 9.26 Å². The van der Waals surface area contributed by atoms with Gasteiger partial charge in [-0.2, -0.15) is 4.98 Å². The molecule has 0 aliphatic carbocycles. The summed E-state index contributed by atoms with van der Waals surface area (Å²) in [6.45, 7) is 5.50. The molecule has 162 valence electrons. The Bertz CT molecular complexity index is 1060. The summed E-state index contributed by atoms with van der Waals surface area (Å²) in [5, 5.41) is 4.12. The van der Waals surface area contributed by atoms with Crippen LogP contribution in [0.1, 0.15) is 24.0 Å². The number of aromatic nitrogens is 2. The van der Waals surface area contributed by atoms with E-state index in [1.54, 1.807) is 12.0 Å². The Kier molecular flexibility index (Phi) is 5.93. The number of amides is 1. The molecule has 1 amide bonds. The highest BCUT2D eigenvalue weighted by Gasteiger charge is 2.31. The molecule has 1 saturated heterocycles. The Morgan fingerprint density at radius 1 is 1.16 bits per heavy atom. The quantitative estimate of drug-likeness (QED) is 0.615. The maximum absolute atomic E-state index is 13.2. The topological polar surface area (TPSA) is 71.7 Å². The summed E-state index contributed by atoms with van der Waals surface area (Å²) in [6, 6.07) is 14.1. The number of benzene rings is 2. The van der Waals surface area contributed by atoms with Crippen LogP contribution in [0, 0.1) is 19.8 Å². The summed E-state index contributed by atoms with van der Waals surface area (Å²) < 4.78 is 10.7. The molecule has 7 nitrogen and oxygen atoms in total. The summed E-state index contributed by atoms with van der Waals surface area (Å²) in [5.74, 6) is 1.30. The Labute approximate surface area is 182 Å². The first-order chi connectivity index (χ1) is 15.0. The first-order valence-electron chi connectivity index (χ1n) is 10.5. The standard InChI is InChI=1S/C24H28N4O3/c1-16-7-10-20(14-17(16)2)27(3)23(29)19-6-5-13-28(15-19)24-25-22(26-31-24)18-8-11-21(30-4)12-9-18/h7-12,14,19H,5-6,13,15H2,1-4H3/t19-/m0/s1. The van der Waals surface area contributed by atoms with Gasteiger partial charge >= 0.3 is 6.01 Å². The molecule has 2 aromatic carbocycles. The average molecular weight is 421 g/mol. The largest absolute Gasteiger partial charge is 0.497 e. The fraction of sp³-hybridized carbons (Fsp3) is 0.375. The summed E-state index contributed by atoms with van der Waals surface area (Å²) in [5.41, 5.74) is 4.18. The highest BCUT2D eigenvalue weighted by atomic mass is 16.5. The van der Waals surface area contributed by atoms with Crippen molar-refractivity contribution in [2.24, 2.45) is 5.92 Å². The highest BCUT2D eigenvalue weighted by molar-refractivity contribution is 5.95. The number of rotatable bonds is 5. The van der Waals surface area contributed by atoms with Crippen molar-refractivity contribution in [1.29, 1.82) is 0 Å². The van der Waals surface area contributed by atoms with E-state index in [1.165, 1.54) is 11.1 Å². The second-order valence-corrected chi connectivity index (χ2v) is 8.08. The van der Waals surface area contributed by atoms with E-state index in [0.29, 0.717) is 18.4 Å². The maximum atomic E-state index is 13.2. The van der Waals surface area contributed by atoms with E-state index < -0.39 is 0 Å². The molecule has 0 unspecified atom stereocenters. The lowest BCUT2D eigenvalue weighted by Gasteiger charge is -2.32. The number of methoxy groups -OCH3 is 1. The van der Waals surface area contributed by atoms with Crippen LogP contribution in [0.15, 0.2) is 47.0 Å². The lowest BCUT2D eigenvalue weighted by molar-refractivity contribution is -0.122. The van der Waals surface area contributed by atoms with Crippen LogP contribution in [-0.2, 0) is 4.79 Å². The van der Waals surface area contributed by atoms with Crippen molar-refractivity contribution in [3.63, 3.8) is 0 Å². The van der Waals surface area contributed by atoms with Gasteiger partial charge in [0.05, 0.1) is 13.0 Å². The van der Waals surface area contributed by atoms with Gasteiger partial charge in [0.25, 0.3) is 0 Å². The summed E-state index contributed by atoms with van der Waals surface area (Å²) >= 11 is 0. The maximum Gasteiger partial charge on any atom is 0.324 e. The molecule has 0 saturated carbocycles. The molecule has 0 spiro atoms. The van der Waals surface area contributed by atoms with Gasteiger partial charge in [0.2, 0.25) is 11.7 Å². The Balaban J connectivity index is 1.46.